The van der Waals surface area contributed by atoms with E-state index in [0.29, 0.717) is 25.3 Å². The van der Waals surface area contributed by atoms with Crippen LogP contribution in [0.5, 0.6) is 5.75 Å². The Balaban J connectivity index is 1.44. The molecule has 0 radical (unpaired) electrons. The van der Waals surface area contributed by atoms with Gasteiger partial charge in [0.1, 0.15) is 31.0 Å². The molecule has 6 N–H and O–H groups in total. The van der Waals surface area contributed by atoms with Gasteiger partial charge in [-0.25, -0.2) is 9.59 Å². The van der Waals surface area contributed by atoms with Crippen LogP contribution in [0.25, 0.3) is 11.1 Å². The molecule has 3 aromatic rings. The second-order valence-corrected chi connectivity index (χ2v) is 11.0. The lowest BCUT2D eigenvalue weighted by Crippen LogP contribution is -2.52. The van der Waals surface area contributed by atoms with Crippen molar-refractivity contribution in [1.82, 2.24) is 16.0 Å². The maximum absolute atomic E-state index is 13.5. The van der Waals surface area contributed by atoms with E-state index in [1.807, 2.05) is 37.3 Å². The largest absolute Gasteiger partial charge is 0.490 e. The van der Waals surface area contributed by atoms with Gasteiger partial charge in [0.2, 0.25) is 5.91 Å². The monoisotopic (exact) mass is 627 g/mol. The third-order valence-corrected chi connectivity index (χ3v) is 7.81. The number of benzene rings is 3. The van der Waals surface area contributed by atoms with E-state index in [2.05, 4.69) is 34.7 Å². The first-order valence-corrected chi connectivity index (χ1v) is 15.1. The maximum atomic E-state index is 13.5. The fourth-order valence-electron chi connectivity index (χ4n) is 5.61. The van der Waals surface area contributed by atoms with Crippen LogP contribution in [0, 0.1) is 12.3 Å². The highest BCUT2D eigenvalue weighted by atomic mass is 16.5. The minimum Gasteiger partial charge on any atom is -0.490 e. The summed E-state index contributed by atoms with van der Waals surface area (Å²) in [5.74, 6) is -0.916. The molecule has 0 bridgehead atoms. The molecule has 4 rings (SSSR count). The summed E-state index contributed by atoms with van der Waals surface area (Å²) < 4.78 is 16.2. The molecule has 0 heterocycles. The highest BCUT2D eigenvalue weighted by Crippen LogP contribution is 2.46. The molecule has 0 fully saturated rings. The van der Waals surface area contributed by atoms with Crippen LogP contribution in [-0.4, -0.2) is 62.9 Å². The van der Waals surface area contributed by atoms with Crippen molar-refractivity contribution in [2.45, 2.75) is 44.2 Å². The second kappa shape index (κ2) is 16.1. The number of nitrogens with two attached hydrogens (primary N) is 1. The number of nitrogens with one attached hydrogen (secondary N) is 4. The van der Waals surface area contributed by atoms with E-state index in [4.69, 9.17) is 25.4 Å². The summed E-state index contributed by atoms with van der Waals surface area (Å²) >= 11 is 0. The molecule has 3 atom stereocenters. The van der Waals surface area contributed by atoms with Gasteiger partial charge in [0, 0.05) is 18.9 Å². The number of rotatable bonds is 15. The highest BCUT2D eigenvalue weighted by Gasteiger charge is 2.32. The lowest BCUT2D eigenvalue weighted by atomic mass is 9.94. The number of esters is 1. The van der Waals surface area contributed by atoms with E-state index in [1.54, 1.807) is 30.3 Å². The maximum Gasteiger partial charge on any atom is 0.407 e. The van der Waals surface area contributed by atoms with E-state index >= 15 is 0 Å². The quantitative estimate of drug-likeness (QED) is 0.0556. The Morgan fingerprint density at radius 2 is 1.74 bits per heavy atom. The number of fused-ring (bicyclic) bond motifs is 3. The molecule has 0 saturated heterocycles. The van der Waals surface area contributed by atoms with Crippen LogP contribution in [-0.2, 0) is 25.5 Å². The van der Waals surface area contributed by atoms with Crippen molar-refractivity contribution in [2.75, 3.05) is 26.9 Å². The third-order valence-electron chi connectivity index (χ3n) is 7.81. The molecular formula is C35H41N5O6. The predicted octanol–water partition coefficient (Wildman–Crippen LogP) is 3.93. The molecule has 11 heteroatoms. The van der Waals surface area contributed by atoms with E-state index < -0.39 is 30.1 Å². The summed E-state index contributed by atoms with van der Waals surface area (Å²) in [6.45, 7) is 6.42. The van der Waals surface area contributed by atoms with Crippen LogP contribution < -0.4 is 26.4 Å². The zero-order chi connectivity index (χ0) is 33.1. The number of alkyl carbamates (subject to hydrolysis) is 1. The van der Waals surface area contributed by atoms with Gasteiger partial charge in [-0.1, -0.05) is 67.3 Å². The van der Waals surface area contributed by atoms with Crippen LogP contribution >= 0.6 is 0 Å². The van der Waals surface area contributed by atoms with Crippen molar-refractivity contribution in [1.29, 1.82) is 5.41 Å². The number of aryl methyl sites for hydroxylation is 1. The Kier molecular flexibility index (Phi) is 11.8. The average molecular weight is 628 g/mol. The van der Waals surface area contributed by atoms with Crippen molar-refractivity contribution in [2.24, 2.45) is 5.73 Å². The number of guanidine groups is 1. The first-order valence-electron chi connectivity index (χ1n) is 15.1. The fourth-order valence-corrected chi connectivity index (χ4v) is 5.61. The topological polar surface area (TPSA) is 165 Å². The standard InChI is InChI=1S/C35H41N5O6/c1-4-19-45-24-16-14-23(15-17-24)20-30(33(42)44-3)39-32(41)29(13-8-18-38-34(36)37)40-35(43)46-21-28-26-11-6-5-10-25(26)27-12-7-9-22(2)31(27)28/h4-7,9-12,14-17,28-30H,1,8,13,18-21H2,2-3H3,(H,39,41)(H,40,43)(H4,36,37,38)/t28?,29-,30-/m0/s1. The summed E-state index contributed by atoms with van der Waals surface area (Å²) in [7, 11) is 1.25. The van der Waals surface area contributed by atoms with Crippen molar-refractivity contribution >= 4 is 23.9 Å². The van der Waals surface area contributed by atoms with Crippen molar-refractivity contribution in [3.8, 4) is 16.9 Å². The molecule has 0 spiro atoms. The van der Waals surface area contributed by atoms with Gasteiger partial charge in [0.15, 0.2) is 5.96 Å². The van der Waals surface area contributed by atoms with Crippen molar-refractivity contribution in [3.63, 3.8) is 0 Å². The number of methoxy groups -OCH3 is 1. The van der Waals surface area contributed by atoms with Gasteiger partial charge >= 0.3 is 12.1 Å². The minimum absolute atomic E-state index is 0.0816. The number of amides is 2. The fraction of sp³-hybridized carbons (Fsp3) is 0.314. The molecule has 3 aromatic carbocycles. The third kappa shape index (κ3) is 8.65. The molecule has 1 unspecified atom stereocenters. The van der Waals surface area contributed by atoms with E-state index in [1.165, 1.54) is 7.11 Å². The van der Waals surface area contributed by atoms with Crippen LogP contribution in [0.2, 0.25) is 0 Å². The summed E-state index contributed by atoms with van der Waals surface area (Å²) in [5.41, 5.74) is 11.7. The number of carbonyl (C=O) groups excluding carboxylic acids is 3. The van der Waals surface area contributed by atoms with Gasteiger partial charge in [-0.3, -0.25) is 10.2 Å². The Labute approximate surface area is 269 Å². The molecular weight excluding hydrogens is 586 g/mol. The average Bonchev–Trinajstić information content (AvgIpc) is 3.38. The molecule has 0 aromatic heterocycles. The molecule has 11 nitrogen and oxygen atoms in total. The Morgan fingerprint density at radius 1 is 1.00 bits per heavy atom. The van der Waals surface area contributed by atoms with Gasteiger partial charge in [0.05, 0.1) is 7.11 Å². The number of carbonyl (C=O) groups is 3. The van der Waals surface area contributed by atoms with Gasteiger partial charge in [-0.05, 0) is 65.3 Å². The first kappa shape index (κ1) is 33.6. The van der Waals surface area contributed by atoms with E-state index in [-0.39, 0.29) is 31.3 Å². The van der Waals surface area contributed by atoms with E-state index in [9.17, 15) is 14.4 Å². The molecule has 1 aliphatic rings. The molecule has 242 valence electrons. The predicted molar refractivity (Wildman–Crippen MR) is 176 cm³/mol. The molecule has 46 heavy (non-hydrogen) atoms. The Bertz CT molecular complexity index is 1560. The SMILES string of the molecule is C=CCOc1ccc(C[C@H](NC(=O)[C@H](CCCNC(=N)N)NC(=O)OCC2c3ccccc3-c3cccc(C)c32)C(=O)OC)cc1. The molecule has 0 aliphatic heterocycles. The normalized spacial score (nSPS) is 14.1. The summed E-state index contributed by atoms with van der Waals surface area (Å²) in [4.78, 5) is 39.4. The molecule has 0 saturated carbocycles. The summed E-state index contributed by atoms with van der Waals surface area (Å²) in [6.07, 6.45) is 1.63. The number of hydrogen-bond donors (Lipinski definition) is 5. The van der Waals surface area contributed by atoms with Crippen LogP contribution in [0.4, 0.5) is 4.79 Å². The van der Waals surface area contributed by atoms with Gasteiger partial charge in [-0.15, -0.1) is 0 Å². The van der Waals surface area contributed by atoms with Crippen molar-refractivity contribution in [3.05, 3.63) is 102 Å². The van der Waals surface area contributed by atoms with E-state index in [0.717, 1.165) is 33.4 Å². The molecule has 2 amide bonds. The van der Waals surface area contributed by atoms with Crippen LogP contribution in [0.3, 0.4) is 0 Å². The highest BCUT2D eigenvalue weighted by molar-refractivity contribution is 5.90. The first-order chi connectivity index (χ1) is 22.2. The minimum atomic E-state index is -1.03. The zero-order valence-corrected chi connectivity index (χ0v) is 26.1. The van der Waals surface area contributed by atoms with Crippen molar-refractivity contribution < 1.29 is 28.6 Å². The van der Waals surface area contributed by atoms with Crippen LogP contribution in [0.1, 0.15) is 41.0 Å². The lowest BCUT2D eigenvalue weighted by molar-refractivity contribution is -0.145. The molecule has 1 aliphatic carbocycles. The Hall–Kier alpha value is -5.32. The summed E-state index contributed by atoms with van der Waals surface area (Å²) in [6, 6.07) is 19.2. The lowest BCUT2D eigenvalue weighted by Gasteiger charge is -2.23. The zero-order valence-electron chi connectivity index (χ0n) is 26.1. The second-order valence-electron chi connectivity index (χ2n) is 11.0. The van der Waals surface area contributed by atoms with Gasteiger partial charge in [-0.2, -0.15) is 0 Å². The van der Waals surface area contributed by atoms with Gasteiger partial charge < -0.3 is 35.9 Å². The number of hydrogen-bond acceptors (Lipinski definition) is 7. The van der Waals surface area contributed by atoms with Crippen LogP contribution in [0.15, 0.2) is 79.4 Å². The summed E-state index contributed by atoms with van der Waals surface area (Å²) in [5, 5.41) is 15.5. The smallest absolute Gasteiger partial charge is 0.407 e. The number of ether oxygens (including phenoxy) is 3. The Morgan fingerprint density at radius 3 is 2.46 bits per heavy atom. The van der Waals surface area contributed by atoms with Gasteiger partial charge in [0.25, 0.3) is 0 Å².